The number of carbonyl (C=O) groups excluding carboxylic acids is 1. The van der Waals surface area contributed by atoms with Gasteiger partial charge in [0.05, 0.1) is 4.92 Å². The highest BCUT2D eigenvalue weighted by molar-refractivity contribution is 5.77. The molecule has 0 aliphatic rings. The standard InChI is InChI=1S/C19H23N3O4/c1-21(14-16-8-3-2-4-9-16)13-7-12-20-19(23)15-26-18-11-6-5-10-17(18)22(24)25/h2-6,8-11H,7,12-15H2,1H3,(H,20,23). The number of para-hydroxylation sites is 2. The third kappa shape index (κ3) is 6.52. The molecule has 138 valence electrons. The summed E-state index contributed by atoms with van der Waals surface area (Å²) in [7, 11) is 2.03. The fraction of sp³-hybridized carbons (Fsp3) is 0.316. The number of nitrogens with one attached hydrogen (secondary N) is 1. The maximum atomic E-state index is 11.8. The van der Waals surface area contributed by atoms with Crippen LogP contribution in [-0.4, -0.2) is 42.5 Å². The first kappa shape index (κ1) is 19.4. The molecule has 0 aliphatic heterocycles. The Kier molecular flexibility index (Phi) is 7.57. The van der Waals surface area contributed by atoms with E-state index in [4.69, 9.17) is 4.74 Å². The van der Waals surface area contributed by atoms with Gasteiger partial charge in [0.15, 0.2) is 12.4 Å². The lowest BCUT2D eigenvalue weighted by molar-refractivity contribution is -0.385. The van der Waals surface area contributed by atoms with Crippen LogP contribution >= 0.6 is 0 Å². The summed E-state index contributed by atoms with van der Waals surface area (Å²) in [6.07, 6.45) is 0.806. The highest BCUT2D eigenvalue weighted by Crippen LogP contribution is 2.25. The lowest BCUT2D eigenvalue weighted by atomic mass is 10.2. The minimum Gasteiger partial charge on any atom is -0.477 e. The zero-order valence-electron chi connectivity index (χ0n) is 14.8. The summed E-state index contributed by atoms with van der Waals surface area (Å²) >= 11 is 0. The number of hydrogen-bond acceptors (Lipinski definition) is 5. The smallest absolute Gasteiger partial charge is 0.310 e. The molecular formula is C19H23N3O4. The van der Waals surface area contributed by atoms with Gasteiger partial charge in [0.2, 0.25) is 0 Å². The van der Waals surface area contributed by atoms with E-state index >= 15 is 0 Å². The molecule has 0 spiro atoms. The van der Waals surface area contributed by atoms with Crippen molar-refractivity contribution in [3.63, 3.8) is 0 Å². The van der Waals surface area contributed by atoms with Gasteiger partial charge in [-0.3, -0.25) is 14.9 Å². The maximum absolute atomic E-state index is 11.8. The molecule has 0 saturated carbocycles. The van der Waals surface area contributed by atoms with Crippen LogP contribution in [-0.2, 0) is 11.3 Å². The Morgan fingerprint density at radius 2 is 1.85 bits per heavy atom. The molecule has 0 atom stereocenters. The minimum absolute atomic E-state index is 0.0928. The van der Waals surface area contributed by atoms with E-state index in [1.165, 1.54) is 17.7 Å². The van der Waals surface area contributed by atoms with Crippen LogP contribution in [0.4, 0.5) is 5.69 Å². The molecule has 0 heterocycles. The second-order valence-corrected chi connectivity index (χ2v) is 5.94. The number of ether oxygens (including phenoxy) is 1. The molecule has 1 N–H and O–H groups in total. The summed E-state index contributed by atoms with van der Waals surface area (Å²) in [5.74, 6) is -0.205. The van der Waals surface area contributed by atoms with E-state index in [0.717, 1.165) is 19.5 Å². The second kappa shape index (κ2) is 10.1. The fourth-order valence-corrected chi connectivity index (χ4v) is 2.48. The average Bonchev–Trinajstić information content (AvgIpc) is 2.64. The van der Waals surface area contributed by atoms with Gasteiger partial charge in [-0.25, -0.2) is 0 Å². The number of nitro benzene ring substituents is 1. The van der Waals surface area contributed by atoms with Gasteiger partial charge < -0.3 is 15.0 Å². The maximum Gasteiger partial charge on any atom is 0.310 e. The second-order valence-electron chi connectivity index (χ2n) is 5.94. The fourth-order valence-electron chi connectivity index (χ4n) is 2.48. The van der Waals surface area contributed by atoms with Gasteiger partial charge in [0, 0.05) is 19.2 Å². The molecule has 2 aromatic carbocycles. The highest BCUT2D eigenvalue weighted by atomic mass is 16.6. The van der Waals surface area contributed by atoms with E-state index < -0.39 is 4.92 Å². The molecule has 0 bridgehead atoms. The van der Waals surface area contributed by atoms with Crippen molar-refractivity contribution in [1.82, 2.24) is 10.2 Å². The lowest BCUT2D eigenvalue weighted by Crippen LogP contribution is -2.31. The number of nitro groups is 1. The third-order valence-corrected chi connectivity index (χ3v) is 3.75. The molecule has 1 amide bonds. The van der Waals surface area contributed by atoms with Crippen molar-refractivity contribution in [1.29, 1.82) is 0 Å². The number of amides is 1. The van der Waals surface area contributed by atoms with E-state index in [0.29, 0.717) is 6.54 Å². The first-order valence-corrected chi connectivity index (χ1v) is 8.41. The first-order valence-electron chi connectivity index (χ1n) is 8.41. The summed E-state index contributed by atoms with van der Waals surface area (Å²) in [5.41, 5.74) is 1.10. The Hall–Kier alpha value is -2.93. The van der Waals surface area contributed by atoms with Gasteiger partial charge in [0.1, 0.15) is 0 Å². The number of carbonyl (C=O) groups is 1. The molecule has 0 fully saturated rings. The van der Waals surface area contributed by atoms with E-state index in [2.05, 4.69) is 22.3 Å². The number of benzene rings is 2. The van der Waals surface area contributed by atoms with Gasteiger partial charge in [0.25, 0.3) is 5.91 Å². The van der Waals surface area contributed by atoms with Crippen LogP contribution < -0.4 is 10.1 Å². The largest absolute Gasteiger partial charge is 0.477 e. The average molecular weight is 357 g/mol. The Morgan fingerprint density at radius 3 is 2.58 bits per heavy atom. The predicted molar refractivity (Wildman–Crippen MR) is 99.0 cm³/mol. The Morgan fingerprint density at radius 1 is 1.15 bits per heavy atom. The molecule has 2 aromatic rings. The summed E-state index contributed by atoms with van der Waals surface area (Å²) in [6.45, 7) is 1.98. The first-order chi connectivity index (χ1) is 12.6. The minimum atomic E-state index is -0.532. The predicted octanol–water partition coefficient (Wildman–Crippen LogP) is 2.61. The third-order valence-electron chi connectivity index (χ3n) is 3.75. The normalized spacial score (nSPS) is 10.5. The zero-order chi connectivity index (χ0) is 18.8. The van der Waals surface area contributed by atoms with Crippen LogP contribution in [0.5, 0.6) is 5.75 Å². The summed E-state index contributed by atoms with van der Waals surface area (Å²) in [6, 6.07) is 16.2. The van der Waals surface area contributed by atoms with Gasteiger partial charge in [-0.05, 0) is 31.6 Å². The molecule has 0 radical (unpaired) electrons. The molecule has 0 aliphatic carbocycles. The van der Waals surface area contributed by atoms with Crippen LogP contribution in [0.3, 0.4) is 0 Å². The number of nitrogens with zero attached hydrogens (tertiary/aromatic N) is 2. The van der Waals surface area contributed by atoms with Crippen molar-refractivity contribution in [2.24, 2.45) is 0 Å². The van der Waals surface area contributed by atoms with Crippen LogP contribution in [0.1, 0.15) is 12.0 Å². The highest BCUT2D eigenvalue weighted by Gasteiger charge is 2.14. The van der Waals surface area contributed by atoms with E-state index in [1.807, 2.05) is 25.2 Å². The Balaban J connectivity index is 1.64. The molecule has 2 rings (SSSR count). The van der Waals surface area contributed by atoms with Crippen molar-refractivity contribution in [3.05, 3.63) is 70.3 Å². The molecule has 0 aromatic heterocycles. The van der Waals surface area contributed by atoms with Crippen LogP contribution in [0.25, 0.3) is 0 Å². The zero-order valence-corrected chi connectivity index (χ0v) is 14.8. The summed E-state index contributed by atoms with van der Waals surface area (Å²) in [4.78, 5) is 24.4. The quantitative estimate of drug-likeness (QED) is 0.401. The monoisotopic (exact) mass is 357 g/mol. The number of hydrogen-bond donors (Lipinski definition) is 1. The van der Waals surface area contributed by atoms with Crippen LogP contribution in [0.2, 0.25) is 0 Å². The molecule has 7 heteroatoms. The molecular weight excluding hydrogens is 334 g/mol. The molecule has 0 saturated heterocycles. The van der Waals surface area contributed by atoms with E-state index in [1.54, 1.807) is 12.1 Å². The Bertz CT molecular complexity index is 722. The van der Waals surface area contributed by atoms with Crippen molar-refractivity contribution < 1.29 is 14.5 Å². The molecule has 0 unspecified atom stereocenters. The van der Waals surface area contributed by atoms with Crippen LogP contribution in [0, 0.1) is 10.1 Å². The topological polar surface area (TPSA) is 84.7 Å². The Labute approximate surface area is 152 Å². The summed E-state index contributed by atoms with van der Waals surface area (Å²) in [5, 5.41) is 13.7. The number of rotatable bonds is 10. The lowest BCUT2D eigenvalue weighted by Gasteiger charge is -2.16. The van der Waals surface area contributed by atoms with Crippen molar-refractivity contribution in [2.75, 3.05) is 26.7 Å². The molecule has 26 heavy (non-hydrogen) atoms. The van der Waals surface area contributed by atoms with Crippen molar-refractivity contribution in [2.45, 2.75) is 13.0 Å². The van der Waals surface area contributed by atoms with Gasteiger partial charge >= 0.3 is 5.69 Å². The van der Waals surface area contributed by atoms with Crippen molar-refractivity contribution >= 4 is 11.6 Å². The van der Waals surface area contributed by atoms with Crippen molar-refractivity contribution in [3.8, 4) is 5.75 Å². The van der Waals surface area contributed by atoms with E-state index in [9.17, 15) is 14.9 Å². The van der Waals surface area contributed by atoms with Gasteiger partial charge in [-0.2, -0.15) is 0 Å². The summed E-state index contributed by atoms with van der Waals surface area (Å²) < 4.78 is 5.25. The van der Waals surface area contributed by atoms with Gasteiger partial charge in [-0.15, -0.1) is 0 Å². The van der Waals surface area contributed by atoms with E-state index in [-0.39, 0.29) is 24.0 Å². The van der Waals surface area contributed by atoms with Gasteiger partial charge in [-0.1, -0.05) is 42.5 Å². The molecule has 7 nitrogen and oxygen atoms in total. The van der Waals surface area contributed by atoms with Crippen LogP contribution in [0.15, 0.2) is 54.6 Å². The SMILES string of the molecule is CN(CCCNC(=O)COc1ccccc1[N+](=O)[O-])Cc1ccccc1.